The summed E-state index contributed by atoms with van der Waals surface area (Å²) < 4.78 is 5.09. The minimum Gasteiger partial charge on any atom is -0.455 e. The molecule has 2 N–H and O–H groups in total. The van der Waals surface area contributed by atoms with Crippen LogP contribution in [0, 0.1) is 26.7 Å². The smallest absolute Gasteiger partial charge is 0.311 e. The van der Waals surface area contributed by atoms with Gasteiger partial charge in [-0.3, -0.25) is 29.6 Å². The number of carbonyl (C=O) groups excluding carboxylic acids is 4. The molecule has 2 aromatic carbocycles. The molecule has 0 unspecified atom stereocenters. The fourth-order valence-electron chi connectivity index (χ4n) is 3.31. The summed E-state index contributed by atoms with van der Waals surface area (Å²) in [6.07, 6.45) is -0.0918. The minimum absolute atomic E-state index is 0.00606. The molecule has 8 heteroatoms. The van der Waals surface area contributed by atoms with Crippen LogP contribution in [0.25, 0.3) is 0 Å². The molecule has 1 fully saturated rings. The van der Waals surface area contributed by atoms with Gasteiger partial charge in [-0.1, -0.05) is 30.3 Å². The van der Waals surface area contributed by atoms with Crippen LogP contribution in [0.5, 0.6) is 0 Å². The topological polar surface area (TPSA) is 105 Å². The molecule has 0 spiro atoms. The van der Waals surface area contributed by atoms with E-state index in [1.165, 1.54) is 0 Å². The second-order valence-corrected chi connectivity index (χ2v) is 7.56. The zero-order valence-electron chi connectivity index (χ0n) is 17.7. The first-order valence-corrected chi connectivity index (χ1v) is 9.96. The molecule has 3 rings (SSSR count). The molecule has 0 saturated carbocycles. The highest BCUT2D eigenvalue weighted by molar-refractivity contribution is 5.98. The van der Waals surface area contributed by atoms with Gasteiger partial charge in [-0.2, -0.15) is 0 Å². The van der Waals surface area contributed by atoms with Gasteiger partial charge in [-0.15, -0.1) is 0 Å². The summed E-state index contributed by atoms with van der Waals surface area (Å²) >= 11 is 0. The second-order valence-electron chi connectivity index (χ2n) is 7.56. The number of amides is 3. The third-order valence-electron chi connectivity index (χ3n) is 5.31. The number of hydrazine groups is 1. The molecule has 1 saturated heterocycles. The summed E-state index contributed by atoms with van der Waals surface area (Å²) in [6.45, 7) is 5.16. The lowest BCUT2D eigenvalue weighted by Gasteiger charge is -2.18. The summed E-state index contributed by atoms with van der Waals surface area (Å²) in [4.78, 5) is 49.1. The van der Waals surface area contributed by atoms with Gasteiger partial charge < -0.3 is 10.1 Å². The van der Waals surface area contributed by atoms with Crippen molar-refractivity contribution in [3.05, 3.63) is 64.7 Å². The Morgan fingerprint density at radius 1 is 1.03 bits per heavy atom. The van der Waals surface area contributed by atoms with E-state index in [2.05, 4.69) is 10.7 Å². The number of hydrogen-bond acceptors (Lipinski definition) is 5. The highest BCUT2D eigenvalue weighted by Crippen LogP contribution is 2.20. The first-order valence-electron chi connectivity index (χ1n) is 9.96. The molecule has 0 radical (unpaired) electrons. The maximum Gasteiger partial charge on any atom is 0.311 e. The van der Waals surface area contributed by atoms with Gasteiger partial charge in [0.05, 0.1) is 12.5 Å². The maximum atomic E-state index is 12.4. The van der Waals surface area contributed by atoms with Crippen molar-refractivity contribution in [3.8, 4) is 0 Å². The number of nitrogens with zero attached hydrogens (tertiary/aromatic N) is 1. The molecule has 0 aromatic heterocycles. The van der Waals surface area contributed by atoms with E-state index in [4.69, 9.17) is 4.74 Å². The molecule has 8 nitrogen and oxygen atoms in total. The highest BCUT2D eigenvalue weighted by atomic mass is 16.5. The van der Waals surface area contributed by atoms with Crippen molar-refractivity contribution in [2.45, 2.75) is 27.2 Å². The summed E-state index contributed by atoms with van der Waals surface area (Å²) in [5.41, 5.74) is 6.38. The van der Waals surface area contributed by atoms with Gasteiger partial charge in [0, 0.05) is 17.7 Å². The Bertz CT molecular complexity index is 1030. The maximum absolute atomic E-state index is 12.4. The van der Waals surface area contributed by atoms with Crippen molar-refractivity contribution >= 4 is 29.4 Å². The number of aryl methyl sites for hydroxylation is 2. The van der Waals surface area contributed by atoms with E-state index in [9.17, 15) is 19.2 Å². The van der Waals surface area contributed by atoms with Crippen LogP contribution in [-0.2, 0) is 19.1 Å². The van der Waals surface area contributed by atoms with Gasteiger partial charge in [-0.25, -0.2) is 0 Å². The van der Waals surface area contributed by atoms with E-state index in [1.807, 2.05) is 32.0 Å². The fourth-order valence-corrected chi connectivity index (χ4v) is 3.31. The van der Waals surface area contributed by atoms with E-state index in [-0.39, 0.29) is 18.9 Å². The number of carbonyl (C=O) groups is 4. The molecule has 162 valence electrons. The number of esters is 1. The molecule has 0 aliphatic carbocycles. The lowest BCUT2D eigenvalue weighted by molar-refractivity contribution is -0.151. The Morgan fingerprint density at radius 3 is 2.48 bits per heavy atom. The first-order chi connectivity index (χ1) is 14.8. The Kier molecular flexibility index (Phi) is 6.69. The van der Waals surface area contributed by atoms with Crippen LogP contribution in [0.3, 0.4) is 0 Å². The highest BCUT2D eigenvalue weighted by Gasteiger charge is 2.36. The van der Waals surface area contributed by atoms with Crippen molar-refractivity contribution in [1.29, 1.82) is 0 Å². The van der Waals surface area contributed by atoms with Crippen LogP contribution in [0.4, 0.5) is 5.69 Å². The zero-order valence-corrected chi connectivity index (χ0v) is 17.7. The monoisotopic (exact) mass is 423 g/mol. The van der Waals surface area contributed by atoms with E-state index in [0.717, 1.165) is 21.7 Å². The number of nitrogens with one attached hydrogen (secondary N) is 2. The average molecular weight is 423 g/mol. The average Bonchev–Trinajstić information content (AvgIpc) is 3.10. The third kappa shape index (κ3) is 5.28. The van der Waals surface area contributed by atoms with Crippen molar-refractivity contribution in [1.82, 2.24) is 10.4 Å². The number of hydrogen-bond donors (Lipinski definition) is 2. The van der Waals surface area contributed by atoms with Crippen LogP contribution in [-0.4, -0.2) is 41.9 Å². The van der Waals surface area contributed by atoms with Crippen molar-refractivity contribution in [3.63, 3.8) is 0 Å². The van der Waals surface area contributed by atoms with Crippen molar-refractivity contribution in [2.24, 2.45) is 5.92 Å². The largest absolute Gasteiger partial charge is 0.455 e. The molecule has 0 bridgehead atoms. The minimum atomic E-state index is -0.752. The lowest BCUT2D eigenvalue weighted by Crippen LogP contribution is -2.43. The van der Waals surface area contributed by atoms with Crippen LogP contribution in [0.2, 0.25) is 0 Å². The van der Waals surface area contributed by atoms with Gasteiger partial charge in [0.1, 0.15) is 0 Å². The quantitative estimate of drug-likeness (QED) is 0.694. The van der Waals surface area contributed by atoms with Crippen molar-refractivity contribution in [2.75, 3.05) is 18.5 Å². The summed E-state index contributed by atoms with van der Waals surface area (Å²) in [7, 11) is 0. The predicted molar refractivity (Wildman–Crippen MR) is 114 cm³/mol. The van der Waals surface area contributed by atoms with E-state index in [1.54, 1.807) is 31.2 Å². The molecule has 1 aliphatic heterocycles. The van der Waals surface area contributed by atoms with Gasteiger partial charge in [-0.05, 0) is 49.6 Å². The molecule has 1 atom stereocenters. The molecule has 31 heavy (non-hydrogen) atoms. The molecule has 2 aromatic rings. The normalized spacial score (nSPS) is 15.5. The Labute approximate surface area is 180 Å². The van der Waals surface area contributed by atoms with E-state index in [0.29, 0.717) is 11.3 Å². The molecular formula is C23H25N3O5. The van der Waals surface area contributed by atoms with Gasteiger partial charge >= 0.3 is 5.97 Å². The van der Waals surface area contributed by atoms with Crippen LogP contribution in [0.15, 0.2) is 42.5 Å². The Hall–Kier alpha value is -3.68. The molecule has 1 aliphatic rings. The molecule has 1 heterocycles. The Morgan fingerprint density at radius 2 is 1.74 bits per heavy atom. The van der Waals surface area contributed by atoms with Gasteiger partial charge in [0.15, 0.2) is 6.61 Å². The SMILES string of the molecule is Cc1ccccc1C(=O)NN1C[C@@H](C(=O)OCC(=O)Nc2cccc(C)c2C)CC1=O. The number of benzene rings is 2. The summed E-state index contributed by atoms with van der Waals surface area (Å²) in [5.74, 6) is -2.68. The fraction of sp³-hybridized carbons (Fsp3) is 0.304. The standard InChI is InChI=1S/C23H25N3O5/c1-14-8-6-10-19(16(14)3)24-20(27)13-31-23(30)17-11-21(28)26(12-17)25-22(29)18-9-5-4-7-15(18)2/h4-10,17H,11-13H2,1-3H3,(H,24,27)(H,25,29)/t17-/m0/s1. The van der Waals surface area contributed by atoms with Gasteiger partial charge in [0.25, 0.3) is 11.8 Å². The predicted octanol–water partition coefficient (Wildman–Crippen LogP) is 2.29. The second kappa shape index (κ2) is 9.42. The first kappa shape index (κ1) is 22.0. The van der Waals surface area contributed by atoms with E-state index >= 15 is 0 Å². The van der Waals surface area contributed by atoms with Gasteiger partial charge in [0.2, 0.25) is 5.91 Å². The van der Waals surface area contributed by atoms with Crippen molar-refractivity contribution < 1.29 is 23.9 Å². The summed E-state index contributed by atoms with van der Waals surface area (Å²) in [5, 5.41) is 3.84. The van der Waals surface area contributed by atoms with Crippen LogP contribution in [0.1, 0.15) is 33.5 Å². The molecule has 3 amide bonds. The number of ether oxygens (including phenoxy) is 1. The molecular weight excluding hydrogens is 398 g/mol. The summed E-state index contributed by atoms with van der Waals surface area (Å²) in [6, 6.07) is 12.5. The Balaban J connectivity index is 1.51. The number of rotatable bonds is 6. The zero-order chi connectivity index (χ0) is 22.5. The van der Waals surface area contributed by atoms with Crippen LogP contribution < -0.4 is 10.7 Å². The third-order valence-corrected chi connectivity index (χ3v) is 5.31. The van der Waals surface area contributed by atoms with E-state index < -0.39 is 30.3 Å². The number of anilines is 1. The lowest BCUT2D eigenvalue weighted by atomic mass is 10.1. The van der Waals surface area contributed by atoms with Crippen LogP contribution >= 0.6 is 0 Å².